The zero-order valence-corrected chi connectivity index (χ0v) is 18.1. The van der Waals surface area contributed by atoms with Crippen LogP contribution in [0.25, 0.3) is 22.8 Å². The normalized spacial score (nSPS) is 18.0. The largest absolute Gasteiger partial charge is 0.373 e. The lowest BCUT2D eigenvalue weighted by Gasteiger charge is -2.16. The van der Waals surface area contributed by atoms with Crippen molar-refractivity contribution < 1.29 is 14.4 Å². The SMILES string of the molecule is Cc1ncccc1Nc1nccc(-c2cccc(-c3cc(C4(O)CCN(C)C4=O)on3)n2)n1. The zero-order valence-electron chi connectivity index (χ0n) is 18.1. The molecule has 0 aromatic carbocycles. The third kappa shape index (κ3) is 3.80. The molecule has 0 saturated carbocycles. The molecule has 0 aliphatic carbocycles. The number of carbonyl (C=O) groups excluding carboxylic acids is 1. The topological polar surface area (TPSA) is 130 Å². The number of likely N-dealkylation sites (tertiary alicyclic amines) is 1. The van der Waals surface area contributed by atoms with Crippen LogP contribution in [0.2, 0.25) is 0 Å². The molecule has 4 aromatic rings. The van der Waals surface area contributed by atoms with Crippen LogP contribution in [0.3, 0.4) is 0 Å². The van der Waals surface area contributed by atoms with Crippen molar-refractivity contribution in [2.45, 2.75) is 18.9 Å². The molecule has 1 atom stereocenters. The van der Waals surface area contributed by atoms with Crippen LogP contribution in [0.15, 0.2) is 59.4 Å². The van der Waals surface area contributed by atoms with Crippen LogP contribution in [0.5, 0.6) is 0 Å². The first-order valence-corrected chi connectivity index (χ1v) is 10.4. The van der Waals surface area contributed by atoms with E-state index in [-0.39, 0.29) is 12.2 Å². The summed E-state index contributed by atoms with van der Waals surface area (Å²) >= 11 is 0. The minimum absolute atomic E-state index is 0.111. The Labute approximate surface area is 189 Å². The number of hydrogen-bond donors (Lipinski definition) is 2. The number of hydrogen-bond acceptors (Lipinski definition) is 9. The maximum atomic E-state index is 12.3. The number of aryl methyl sites for hydroxylation is 1. The number of nitrogens with one attached hydrogen (secondary N) is 1. The lowest BCUT2D eigenvalue weighted by atomic mass is 9.98. The molecule has 33 heavy (non-hydrogen) atoms. The van der Waals surface area contributed by atoms with Crippen LogP contribution in [0.4, 0.5) is 11.6 Å². The average Bonchev–Trinajstić information content (AvgIpc) is 3.43. The number of aromatic nitrogens is 5. The van der Waals surface area contributed by atoms with Crippen LogP contribution in [-0.2, 0) is 10.4 Å². The van der Waals surface area contributed by atoms with E-state index in [0.29, 0.717) is 35.3 Å². The van der Waals surface area contributed by atoms with Gasteiger partial charge in [0, 0.05) is 38.5 Å². The molecule has 1 aliphatic rings. The molecule has 10 heteroatoms. The molecule has 0 radical (unpaired) electrons. The Hall–Kier alpha value is -4.18. The highest BCUT2D eigenvalue weighted by Gasteiger charge is 2.48. The third-order valence-electron chi connectivity index (χ3n) is 5.61. The highest BCUT2D eigenvalue weighted by Crippen LogP contribution is 2.34. The van der Waals surface area contributed by atoms with Crippen molar-refractivity contribution in [2.24, 2.45) is 0 Å². The van der Waals surface area contributed by atoms with Gasteiger partial charge in [0.2, 0.25) is 11.5 Å². The Morgan fingerprint density at radius 3 is 2.58 bits per heavy atom. The average molecular weight is 443 g/mol. The molecule has 1 aliphatic heterocycles. The summed E-state index contributed by atoms with van der Waals surface area (Å²) in [5, 5.41) is 18.0. The van der Waals surface area contributed by atoms with Gasteiger partial charge in [0.15, 0.2) is 5.76 Å². The van der Waals surface area contributed by atoms with Crippen molar-refractivity contribution in [3.05, 3.63) is 66.3 Å². The Morgan fingerprint density at radius 1 is 1.03 bits per heavy atom. The molecule has 0 bridgehead atoms. The number of amides is 1. The van der Waals surface area contributed by atoms with Gasteiger partial charge in [0.05, 0.1) is 28.5 Å². The van der Waals surface area contributed by atoms with Gasteiger partial charge < -0.3 is 19.8 Å². The molecule has 5 heterocycles. The van der Waals surface area contributed by atoms with Gasteiger partial charge in [0.25, 0.3) is 5.91 Å². The minimum Gasteiger partial charge on any atom is -0.373 e. The van der Waals surface area contributed by atoms with Crippen molar-refractivity contribution in [3.63, 3.8) is 0 Å². The number of carbonyl (C=O) groups is 1. The fourth-order valence-corrected chi connectivity index (χ4v) is 3.69. The summed E-state index contributed by atoms with van der Waals surface area (Å²) in [7, 11) is 1.64. The van der Waals surface area contributed by atoms with Gasteiger partial charge in [-0.25, -0.2) is 15.0 Å². The monoisotopic (exact) mass is 443 g/mol. The Kier molecular flexibility index (Phi) is 5.06. The second-order valence-corrected chi connectivity index (χ2v) is 7.85. The summed E-state index contributed by atoms with van der Waals surface area (Å²) in [6, 6.07) is 12.5. The number of rotatable bonds is 5. The Morgan fingerprint density at radius 2 is 1.82 bits per heavy atom. The highest BCUT2D eigenvalue weighted by molar-refractivity contribution is 5.87. The van der Waals surface area contributed by atoms with Crippen LogP contribution < -0.4 is 5.32 Å². The third-order valence-corrected chi connectivity index (χ3v) is 5.61. The maximum Gasteiger partial charge on any atom is 0.262 e. The Bertz CT molecular complexity index is 1340. The summed E-state index contributed by atoms with van der Waals surface area (Å²) in [6.45, 7) is 2.35. The second-order valence-electron chi connectivity index (χ2n) is 7.85. The van der Waals surface area contributed by atoms with E-state index >= 15 is 0 Å². The summed E-state index contributed by atoms with van der Waals surface area (Å²) < 4.78 is 5.34. The van der Waals surface area contributed by atoms with Gasteiger partial charge >= 0.3 is 0 Å². The molecule has 1 fully saturated rings. The number of aliphatic hydroxyl groups is 1. The van der Waals surface area contributed by atoms with Crippen LogP contribution in [0, 0.1) is 6.92 Å². The van der Waals surface area contributed by atoms with Crippen molar-refractivity contribution in [3.8, 4) is 22.8 Å². The number of nitrogens with zero attached hydrogens (tertiary/aromatic N) is 6. The highest BCUT2D eigenvalue weighted by atomic mass is 16.5. The summed E-state index contributed by atoms with van der Waals surface area (Å²) in [6.07, 6.45) is 3.62. The summed E-state index contributed by atoms with van der Waals surface area (Å²) in [4.78, 5) is 31.6. The maximum absolute atomic E-state index is 12.3. The van der Waals surface area contributed by atoms with Gasteiger partial charge in [-0.15, -0.1) is 0 Å². The fraction of sp³-hybridized carbons (Fsp3) is 0.217. The van der Waals surface area contributed by atoms with E-state index in [9.17, 15) is 9.90 Å². The van der Waals surface area contributed by atoms with Gasteiger partial charge in [-0.1, -0.05) is 11.2 Å². The van der Waals surface area contributed by atoms with Crippen molar-refractivity contribution >= 4 is 17.5 Å². The fourth-order valence-electron chi connectivity index (χ4n) is 3.69. The molecule has 5 rings (SSSR count). The predicted octanol–water partition coefficient (Wildman–Crippen LogP) is 2.69. The van der Waals surface area contributed by atoms with E-state index in [1.165, 1.54) is 4.90 Å². The van der Waals surface area contributed by atoms with Crippen LogP contribution in [0.1, 0.15) is 17.9 Å². The lowest BCUT2D eigenvalue weighted by Crippen LogP contribution is -2.35. The van der Waals surface area contributed by atoms with Crippen molar-refractivity contribution in [1.82, 2.24) is 30.0 Å². The summed E-state index contributed by atoms with van der Waals surface area (Å²) in [5.74, 6) is 0.127. The standard InChI is InChI=1S/C23H21N7O3/c1-14-15(7-4-10-24-14)27-22-25-11-8-18(28-22)16-5-3-6-17(26-16)19-13-20(33-29-19)23(32)9-12-30(2)21(23)31/h3-8,10-11,13,32H,9,12H2,1-2H3,(H,25,27,28). The molecule has 4 aromatic heterocycles. The molecular weight excluding hydrogens is 422 g/mol. The summed E-state index contributed by atoms with van der Waals surface area (Å²) in [5.41, 5.74) is 2.13. The second kappa shape index (κ2) is 8.06. The van der Waals surface area contributed by atoms with Gasteiger partial charge in [0.1, 0.15) is 5.69 Å². The van der Waals surface area contributed by atoms with Gasteiger partial charge in [-0.3, -0.25) is 9.78 Å². The van der Waals surface area contributed by atoms with Crippen LogP contribution in [-0.4, -0.2) is 54.6 Å². The molecule has 1 amide bonds. The first-order valence-electron chi connectivity index (χ1n) is 10.4. The van der Waals surface area contributed by atoms with E-state index in [1.54, 1.807) is 37.6 Å². The van der Waals surface area contributed by atoms with E-state index in [4.69, 9.17) is 4.52 Å². The van der Waals surface area contributed by atoms with E-state index in [1.807, 2.05) is 31.2 Å². The molecule has 2 N–H and O–H groups in total. The molecular formula is C23H21N7O3. The molecule has 166 valence electrons. The number of pyridine rings is 2. The van der Waals surface area contributed by atoms with Gasteiger partial charge in [-0.2, -0.15) is 0 Å². The molecule has 1 unspecified atom stereocenters. The smallest absolute Gasteiger partial charge is 0.262 e. The first kappa shape index (κ1) is 20.7. The quantitative estimate of drug-likeness (QED) is 0.478. The number of likely N-dealkylation sites (N-methyl/N-ethyl adjacent to an activating group) is 1. The van der Waals surface area contributed by atoms with Crippen LogP contribution >= 0.6 is 0 Å². The molecule has 10 nitrogen and oxygen atoms in total. The predicted molar refractivity (Wildman–Crippen MR) is 119 cm³/mol. The Balaban J connectivity index is 1.42. The molecule has 0 spiro atoms. The van der Waals surface area contributed by atoms with E-state index in [0.717, 1.165) is 11.4 Å². The van der Waals surface area contributed by atoms with Crippen molar-refractivity contribution in [1.29, 1.82) is 0 Å². The lowest BCUT2D eigenvalue weighted by molar-refractivity contribution is -0.144. The number of anilines is 2. The van der Waals surface area contributed by atoms with E-state index in [2.05, 4.69) is 30.4 Å². The first-order chi connectivity index (χ1) is 15.9. The van der Waals surface area contributed by atoms with Crippen molar-refractivity contribution in [2.75, 3.05) is 18.9 Å². The minimum atomic E-state index is -1.70. The zero-order chi connectivity index (χ0) is 23.0. The van der Waals surface area contributed by atoms with E-state index < -0.39 is 11.5 Å². The molecule has 1 saturated heterocycles. The van der Waals surface area contributed by atoms with Gasteiger partial charge in [-0.05, 0) is 37.3 Å².